The van der Waals surface area contributed by atoms with E-state index in [-0.39, 0.29) is 11.7 Å². The molecule has 0 saturated heterocycles. The van der Waals surface area contributed by atoms with Gasteiger partial charge in [0.05, 0.1) is 0 Å². The van der Waals surface area contributed by atoms with Crippen molar-refractivity contribution >= 4 is 40.9 Å². The maximum absolute atomic E-state index is 13.8. The van der Waals surface area contributed by atoms with Gasteiger partial charge in [-0.05, 0) is 36.4 Å². The molecule has 0 aliphatic heterocycles. The summed E-state index contributed by atoms with van der Waals surface area (Å²) in [6.45, 7) is 0.778. The van der Waals surface area contributed by atoms with Crippen LogP contribution in [0.25, 0.3) is 0 Å². The molecule has 0 saturated carbocycles. The predicted molar refractivity (Wildman–Crippen MR) is 122 cm³/mol. The van der Waals surface area contributed by atoms with Gasteiger partial charge in [-0.1, -0.05) is 53.5 Å². The highest BCUT2D eigenvalue weighted by molar-refractivity contribution is 7.98. The SMILES string of the molecule is O=C(NCCSCc1c(F)cccc1Cl)c1cccc(OCc2ccccc2Cl)c1. The van der Waals surface area contributed by atoms with Crippen molar-refractivity contribution in [3.05, 3.63) is 99.3 Å². The van der Waals surface area contributed by atoms with Crippen LogP contribution in [0.2, 0.25) is 10.0 Å². The van der Waals surface area contributed by atoms with Gasteiger partial charge < -0.3 is 10.1 Å². The Hall–Kier alpha value is -2.21. The van der Waals surface area contributed by atoms with Crippen molar-refractivity contribution in [2.24, 2.45) is 0 Å². The first-order chi connectivity index (χ1) is 14.5. The molecule has 3 nitrogen and oxygen atoms in total. The van der Waals surface area contributed by atoms with Gasteiger partial charge in [0.2, 0.25) is 0 Å². The zero-order valence-corrected chi connectivity index (χ0v) is 18.4. The van der Waals surface area contributed by atoms with Crippen LogP contribution in [0.1, 0.15) is 21.5 Å². The molecule has 0 bridgehead atoms. The lowest BCUT2D eigenvalue weighted by atomic mass is 10.2. The van der Waals surface area contributed by atoms with Crippen molar-refractivity contribution in [3.8, 4) is 5.75 Å². The molecule has 0 unspecified atom stereocenters. The van der Waals surface area contributed by atoms with Gasteiger partial charge in [-0.15, -0.1) is 0 Å². The van der Waals surface area contributed by atoms with E-state index in [0.29, 0.717) is 51.6 Å². The molecule has 0 atom stereocenters. The second kappa shape index (κ2) is 11.3. The van der Waals surface area contributed by atoms with E-state index in [1.54, 1.807) is 36.4 Å². The Labute approximate surface area is 189 Å². The summed E-state index contributed by atoms with van der Waals surface area (Å²) in [5, 5.41) is 3.92. The van der Waals surface area contributed by atoms with Crippen LogP contribution < -0.4 is 10.1 Å². The van der Waals surface area contributed by atoms with Crippen molar-refractivity contribution in [2.45, 2.75) is 12.4 Å². The summed E-state index contributed by atoms with van der Waals surface area (Å²) in [7, 11) is 0. The van der Waals surface area contributed by atoms with E-state index in [9.17, 15) is 9.18 Å². The molecule has 0 aliphatic rings. The van der Waals surface area contributed by atoms with Crippen molar-refractivity contribution in [1.29, 1.82) is 0 Å². The summed E-state index contributed by atoms with van der Waals surface area (Å²) < 4.78 is 19.5. The van der Waals surface area contributed by atoms with Crippen LogP contribution >= 0.6 is 35.0 Å². The minimum atomic E-state index is -0.312. The molecule has 0 aromatic heterocycles. The Kier molecular flexibility index (Phi) is 8.43. The van der Waals surface area contributed by atoms with Crippen LogP contribution in [0.5, 0.6) is 5.75 Å². The number of ether oxygens (including phenoxy) is 1. The third-order valence-corrected chi connectivity index (χ3v) is 6.00. The largest absolute Gasteiger partial charge is 0.489 e. The second-order valence-electron chi connectivity index (χ2n) is 6.42. The molecule has 0 heterocycles. The fraction of sp³-hybridized carbons (Fsp3) is 0.174. The highest BCUT2D eigenvalue weighted by Crippen LogP contribution is 2.24. The number of hydrogen-bond donors (Lipinski definition) is 1. The highest BCUT2D eigenvalue weighted by atomic mass is 35.5. The van der Waals surface area contributed by atoms with Gasteiger partial charge in [0.1, 0.15) is 18.2 Å². The summed E-state index contributed by atoms with van der Waals surface area (Å²) >= 11 is 13.7. The molecular weight excluding hydrogens is 444 g/mol. The minimum Gasteiger partial charge on any atom is -0.489 e. The lowest BCUT2D eigenvalue weighted by Gasteiger charge is -2.10. The van der Waals surface area contributed by atoms with Crippen LogP contribution in [0, 0.1) is 5.82 Å². The van der Waals surface area contributed by atoms with Gasteiger partial charge in [0.25, 0.3) is 5.91 Å². The zero-order chi connectivity index (χ0) is 21.3. The average Bonchev–Trinajstić information content (AvgIpc) is 2.75. The molecule has 1 N–H and O–H groups in total. The first-order valence-corrected chi connectivity index (χ1v) is 11.2. The molecule has 3 aromatic carbocycles. The van der Waals surface area contributed by atoms with Crippen LogP contribution in [0.3, 0.4) is 0 Å². The maximum Gasteiger partial charge on any atom is 0.251 e. The monoisotopic (exact) mass is 463 g/mol. The van der Waals surface area contributed by atoms with E-state index in [1.807, 2.05) is 24.3 Å². The first-order valence-electron chi connectivity index (χ1n) is 9.29. The van der Waals surface area contributed by atoms with E-state index < -0.39 is 0 Å². The number of benzene rings is 3. The third kappa shape index (κ3) is 6.39. The van der Waals surface area contributed by atoms with Gasteiger partial charge >= 0.3 is 0 Å². The molecule has 0 aliphatic carbocycles. The maximum atomic E-state index is 13.8. The molecule has 30 heavy (non-hydrogen) atoms. The van der Waals surface area contributed by atoms with E-state index in [2.05, 4.69) is 5.32 Å². The number of nitrogens with one attached hydrogen (secondary N) is 1. The predicted octanol–water partition coefficient (Wildman–Crippen LogP) is 6.37. The van der Waals surface area contributed by atoms with Gasteiger partial charge in [-0.2, -0.15) is 11.8 Å². The van der Waals surface area contributed by atoms with Crippen LogP contribution in [0.15, 0.2) is 66.7 Å². The Morgan fingerprint density at radius 2 is 1.77 bits per heavy atom. The average molecular weight is 464 g/mol. The van der Waals surface area contributed by atoms with Crippen molar-refractivity contribution in [2.75, 3.05) is 12.3 Å². The van der Waals surface area contributed by atoms with Crippen molar-refractivity contribution in [1.82, 2.24) is 5.32 Å². The molecule has 3 aromatic rings. The summed E-state index contributed by atoms with van der Waals surface area (Å²) in [5.41, 5.74) is 1.87. The van der Waals surface area contributed by atoms with Crippen LogP contribution in [0.4, 0.5) is 4.39 Å². The van der Waals surface area contributed by atoms with Gasteiger partial charge in [-0.3, -0.25) is 4.79 Å². The van der Waals surface area contributed by atoms with Gasteiger partial charge in [0, 0.05) is 44.8 Å². The molecule has 0 radical (unpaired) electrons. The fourth-order valence-electron chi connectivity index (χ4n) is 2.69. The molecule has 1 amide bonds. The topological polar surface area (TPSA) is 38.3 Å². The standard InChI is InChI=1S/C23H20Cl2FNO2S/c24-20-8-2-1-5-17(20)14-29-18-7-3-6-16(13-18)23(28)27-11-12-30-15-19-21(25)9-4-10-22(19)26/h1-10,13H,11-12,14-15H2,(H,27,28). The zero-order valence-electron chi connectivity index (χ0n) is 16.0. The number of hydrogen-bond acceptors (Lipinski definition) is 3. The first kappa shape index (κ1) is 22.5. The lowest BCUT2D eigenvalue weighted by Crippen LogP contribution is -2.25. The molecular formula is C23H20Cl2FNO2S. The Morgan fingerprint density at radius 1 is 1.00 bits per heavy atom. The van der Waals surface area contributed by atoms with Crippen molar-refractivity contribution < 1.29 is 13.9 Å². The summed E-state index contributed by atoms with van der Waals surface area (Å²) in [6.07, 6.45) is 0. The van der Waals surface area contributed by atoms with E-state index in [1.165, 1.54) is 17.8 Å². The highest BCUT2D eigenvalue weighted by Gasteiger charge is 2.09. The molecule has 156 valence electrons. The van der Waals surface area contributed by atoms with Gasteiger partial charge in [0.15, 0.2) is 0 Å². The van der Waals surface area contributed by atoms with E-state index >= 15 is 0 Å². The number of halogens is 3. The Balaban J connectivity index is 1.45. The van der Waals surface area contributed by atoms with Gasteiger partial charge in [-0.25, -0.2) is 4.39 Å². The normalized spacial score (nSPS) is 10.6. The van der Waals surface area contributed by atoms with E-state index in [0.717, 1.165) is 5.56 Å². The lowest BCUT2D eigenvalue weighted by molar-refractivity contribution is 0.0955. The number of rotatable bonds is 9. The second-order valence-corrected chi connectivity index (χ2v) is 8.34. The summed E-state index contributed by atoms with van der Waals surface area (Å²) in [4.78, 5) is 12.4. The van der Waals surface area contributed by atoms with E-state index in [4.69, 9.17) is 27.9 Å². The Bertz CT molecular complexity index is 996. The number of carbonyl (C=O) groups is 1. The van der Waals surface area contributed by atoms with Crippen molar-refractivity contribution in [3.63, 3.8) is 0 Å². The van der Waals surface area contributed by atoms with Crippen LogP contribution in [-0.2, 0) is 12.4 Å². The molecule has 7 heteroatoms. The molecule has 3 rings (SSSR count). The molecule has 0 fully saturated rings. The minimum absolute atomic E-state index is 0.192. The number of carbonyl (C=O) groups excluding carboxylic acids is 1. The smallest absolute Gasteiger partial charge is 0.251 e. The number of amides is 1. The Morgan fingerprint density at radius 3 is 2.57 bits per heavy atom. The number of thioether (sulfide) groups is 1. The third-order valence-electron chi connectivity index (χ3n) is 4.29. The van der Waals surface area contributed by atoms with Crippen LogP contribution in [-0.4, -0.2) is 18.2 Å². The quantitative estimate of drug-likeness (QED) is 0.374. The fourth-order valence-corrected chi connectivity index (χ4v) is 4.07. The molecule has 0 spiro atoms. The summed E-state index contributed by atoms with van der Waals surface area (Å²) in [5.74, 6) is 1.17. The summed E-state index contributed by atoms with van der Waals surface area (Å²) in [6, 6.07) is 19.1.